The van der Waals surface area contributed by atoms with E-state index in [1.165, 1.54) is 16.6 Å². The molecule has 0 radical (unpaired) electrons. The average Bonchev–Trinajstić information content (AvgIpc) is 2.89. The zero-order chi connectivity index (χ0) is 17.1. The van der Waals surface area contributed by atoms with Gasteiger partial charge in [-0.3, -0.25) is 9.88 Å². The van der Waals surface area contributed by atoms with Gasteiger partial charge in [-0.1, -0.05) is 12.1 Å². The van der Waals surface area contributed by atoms with E-state index in [2.05, 4.69) is 50.7 Å². The van der Waals surface area contributed by atoms with Crippen molar-refractivity contribution >= 4 is 10.9 Å². The molecule has 130 valence electrons. The monoisotopic (exact) mass is 336 g/mol. The van der Waals surface area contributed by atoms with Gasteiger partial charge in [0.2, 0.25) is 0 Å². The standard InChI is InChI=1S/C20H24N4O/c1-23-15-21-11-19(23)13-24-7-8-25-14-17(12-24)9-16-4-5-20-18(10-16)3-2-6-22-20/h2-6,10-11,15,17H,7-9,12-14H2,1H3/t17-/m1/s1. The Morgan fingerprint density at radius 1 is 1.28 bits per heavy atom. The zero-order valence-electron chi connectivity index (χ0n) is 14.6. The van der Waals surface area contributed by atoms with Crippen LogP contribution in [0.2, 0.25) is 0 Å². The number of hydrogen-bond donors (Lipinski definition) is 0. The molecule has 2 aromatic heterocycles. The highest BCUT2D eigenvalue weighted by Gasteiger charge is 2.20. The third-order valence-corrected chi connectivity index (χ3v) is 4.92. The molecule has 1 saturated heterocycles. The second-order valence-electron chi connectivity index (χ2n) is 6.91. The summed E-state index contributed by atoms with van der Waals surface area (Å²) in [5.74, 6) is 0.504. The number of hydrogen-bond acceptors (Lipinski definition) is 4. The van der Waals surface area contributed by atoms with E-state index in [4.69, 9.17) is 4.74 Å². The number of rotatable bonds is 4. The molecule has 0 spiro atoms. The van der Waals surface area contributed by atoms with Crippen LogP contribution in [0.3, 0.4) is 0 Å². The summed E-state index contributed by atoms with van der Waals surface area (Å²) >= 11 is 0. The first-order valence-corrected chi connectivity index (χ1v) is 8.87. The molecule has 5 heteroatoms. The van der Waals surface area contributed by atoms with Crippen molar-refractivity contribution in [3.63, 3.8) is 0 Å². The molecule has 3 aromatic rings. The molecule has 0 amide bonds. The molecule has 1 aromatic carbocycles. The van der Waals surface area contributed by atoms with E-state index < -0.39 is 0 Å². The van der Waals surface area contributed by atoms with Crippen LogP contribution in [0.4, 0.5) is 0 Å². The number of ether oxygens (including phenoxy) is 1. The van der Waals surface area contributed by atoms with Gasteiger partial charge < -0.3 is 9.30 Å². The highest BCUT2D eigenvalue weighted by molar-refractivity contribution is 5.78. The minimum Gasteiger partial charge on any atom is -0.380 e. The van der Waals surface area contributed by atoms with Crippen molar-refractivity contribution in [2.45, 2.75) is 13.0 Å². The maximum Gasteiger partial charge on any atom is 0.0945 e. The van der Waals surface area contributed by atoms with Crippen molar-refractivity contribution in [3.05, 3.63) is 60.3 Å². The molecule has 25 heavy (non-hydrogen) atoms. The minimum atomic E-state index is 0.504. The van der Waals surface area contributed by atoms with E-state index in [1.807, 2.05) is 24.8 Å². The molecule has 0 saturated carbocycles. The van der Waals surface area contributed by atoms with E-state index >= 15 is 0 Å². The lowest BCUT2D eigenvalue weighted by atomic mass is 9.98. The quantitative estimate of drug-likeness (QED) is 0.735. The molecule has 0 unspecified atom stereocenters. The number of pyridine rings is 1. The van der Waals surface area contributed by atoms with Crippen LogP contribution in [-0.2, 0) is 24.8 Å². The molecule has 1 atom stereocenters. The topological polar surface area (TPSA) is 43.2 Å². The van der Waals surface area contributed by atoms with Gasteiger partial charge in [0.15, 0.2) is 0 Å². The SMILES string of the molecule is Cn1cncc1CN1CCOC[C@H](Cc2ccc3ncccc3c2)C1. The van der Waals surface area contributed by atoms with Crippen molar-refractivity contribution < 1.29 is 4.74 Å². The number of fused-ring (bicyclic) bond motifs is 1. The maximum atomic E-state index is 5.87. The average molecular weight is 336 g/mol. The summed E-state index contributed by atoms with van der Waals surface area (Å²) in [7, 11) is 2.05. The molecule has 4 rings (SSSR count). The van der Waals surface area contributed by atoms with Gasteiger partial charge in [0.05, 0.1) is 30.8 Å². The van der Waals surface area contributed by atoms with Gasteiger partial charge in [-0.2, -0.15) is 0 Å². The summed E-state index contributed by atoms with van der Waals surface area (Å²) in [4.78, 5) is 11.1. The summed E-state index contributed by atoms with van der Waals surface area (Å²) in [5.41, 5.74) is 3.66. The van der Waals surface area contributed by atoms with Crippen molar-refractivity contribution in [1.29, 1.82) is 0 Å². The molecule has 0 bridgehead atoms. The van der Waals surface area contributed by atoms with Crippen LogP contribution in [0.15, 0.2) is 49.1 Å². The van der Waals surface area contributed by atoms with Crippen molar-refractivity contribution in [2.75, 3.05) is 26.3 Å². The highest BCUT2D eigenvalue weighted by atomic mass is 16.5. The van der Waals surface area contributed by atoms with Crippen LogP contribution in [0, 0.1) is 5.92 Å². The van der Waals surface area contributed by atoms with Crippen LogP contribution in [0.25, 0.3) is 10.9 Å². The van der Waals surface area contributed by atoms with E-state index in [9.17, 15) is 0 Å². The number of imidazole rings is 1. The first-order chi connectivity index (χ1) is 12.3. The summed E-state index contributed by atoms with van der Waals surface area (Å²) < 4.78 is 7.96. The number of benzene rings is 1. The summed E-state index contributed by atoms with van der Waals surface area (Å²) in [6, 6.07) is 10.7. The Labute approximate surface area is 148 Å². The lowest BCUT2D eigenvalue weighted by Gasteiger charge is -2.23. The van der Waals surface area contributed by atoms with E-state index in [0.717, 1.165) is 44.8 Å². The van der Waals surface area contributed by atoms with E-state index in [1.54, 1.807) is 0 Å². The lowest BCUT2D eigenvalue weighted by Crippen LogP contribution is -2.31. The molecule has 1 aliphatic rings. The van der Waals surface area contributed by atoms with Crippen LogP contribution in [0.5, 0.6) is 0 Å². The third kappa shape index (κ3) is 3.89. The van der Waals surface area contributed by atoms with Gasteiger partial charge in [-0.05, 0) is 36.1 Å². The van der Waals surface area contributed by atoms with E-state index in [-0.39, 0.29) is 0 Å². The van der Waals surface area contributed by atoms with Crippen LogP contribution >= 0.6 is 0 Å². The van der Waals surface area contributed by atoms with Gasteiger partial charge in [0.1, 0.15) is 0 Å². The van der Waals surface area contributed by atoms with Crippen molar-refractivity contribution in [2.24, 2.45) is 13.0 Å². The van der Waals surface area contributed by atoms with Gasteiger partial charge >= 0.3 is 0 Å². The summed E-state index contributed by atoms with van der Waals surface area (Å²) in [5, 5.41) is 1.21. The number of nitrogens with zero attached hydrogens (tertiary/aromatic N) is 4. The largest absolute Gasteiger partial charge is 0.380 e. The fourth-order valence-electron chi connectivity index (χ4n) is 3.57. The van der Waals surface area contributed by atoms with Crippen LogP contribution in [0.1, 0.15) is 11.3 Å². The fraction of sp³-hybridized carbons (Fsp3) is 0.400. The predicted octanol–water partition coefficient (Wildman–Crippen LogP) is 2.66. The Morgan fingerprint density at radius 3 is 3.12 bits per heavy atom. The molecule has 5 nitrogen and oxygen atoms in total. The first-order valence-electron chi connectivity index (χ1n) is 8.87. The smallest absolute Gasteiger partial charge is 0.0945 e. The van der Waals surface area contributed by atoms with Crippen LogP contribution < -0.4 is 0 Å². The molecule has 0 aliphatic carbocycles. The minimum absolute atomic E-state index is 0.504. The van der Waals surface area contributed by atoms with Gasteiger partial charge in [-0.15, -0.1) is 0 Å². The number of aryl methyl sites for hydroxylation is 1. The number of aromatic nitrogens is 3. The maximum absolute atomic E-state index is 5.87. The van der Waals surface area contributed by atoms with Crippen molar-refractivity contribution in [3.8, 4) is 0 Å². The molecular formula is C20H24N4O. The van der Waals surface area contributed by atoms with Gasteiger partial charge in [-0.25, -0.2) is 4.98 Å². The summed E-state index contributed by atoms with van der Waals surface area (Å²) in [6.07, 6.45) is 6.70. The van der Waals surface area contributed by atoms with Gasteiger partial charge in [0.25, 0.3) is 0 Å². The van der Waals surface area contributed by atoms with E-state index in [0.29, 0.717) is 5.92 Å². The second kappa shape index (κ2) is 7.33. The first kappa shape index (κ1) is 16.2. The molecule has 1 aliphatic heterocycles. The predicted molar refractivity (Wildman–Crippen MR) is 98.2 cm³/mol. The fourth-order valence-corrected chi connectivity index (χ4v) is 3.57. The molecule has 0 N–H and O–H groups in total. The van der Waals surface area contributed by atoms with Crippen molar-refractivity contribution in [1.82, 2.24) is 19.4 Å². The molecule has 1 fully saturated rings. The highest BCUT2D eigenvalue weighted by Crippen LogP contribution is 2.19. The normalized spacial score (nSPS) is 19.2. The zero-order valence-corrected chi connectivity index (χ0v) is 14.6. The van der Waals surface area contributed by atoms with Gasteiger partial charge in [0, 0.05) is 44.5 Å². The van der Waals surface area contributed by atoms with Crippen LogP contribution in [-0.4, -0.2) is 45.7 Å². The molecule has 3 heterocycles. The lowest BCUT2D eigenvalue weighted by molar-refractivity contribution is 0.121. The Bertz CT molecular complexity index is 844. The third-order valence-electron chi connectivity index (χ3n) is 4.92. The Morgan fingerprint density at radius 2 is 2.24 bits per heavy atom. The Balaban J connectivity index is 1.45. The second-order valence-corrected chi connectivity index (χ2v) is 6.91. The Kier molecular flexibility index (Phi) is 4.76. The molecular weight excluding hydrogens is 312 g/mol. The summed E-state index contributed by atoms with van der Waals surface area (Å²) in [6.45, 7) is 4.58. The Hall–Kier alpha value is -2.24.